The monoisotopic (exact) mass is 316 g/mol. The molecule has 1 rings (SSSR count). The molecule has 21 heavy (non-hydrogen) atoms. The van der Waals surface area contributed by atoms with Gasteiger partial charge in [0.15, 0.2) is 4.90 Å². The standard InChI is InChI=1S/C12H20N4O4S/c1-13-10-5-6-11(16(17)18)12(9-10)21(19,20)14-7-4-8-15(2)3/h5-6,9,13-14H,4,7-8H2,1-3H3. The van der Waals surface area contributed by atoms with E-state index in [1.807, 2.05) is 19.0 Å². The minimum Gasteiger partial charge on any atom is -0.388 e. The van der Waals surface area contributed by atoms with Gasteiger partial charge in [0.2, 0.25) is 10.0 Å². The summed E-state index contributed by atoms with van der Waals surface area (Å²) in [5.41, 5.74) is 0.0587. The molecular weight excluding hydrogens is 296 g/mol. The minimum atomic E-state index is -3.92. The topological polar surface area (TPSA) is 105 Å². The van der Waals surface area contributed by atoms with Gasteiger partial charge in [0, 0.05) is 25.3 Å². The first-order valence-corrected chi connectivity index (χ1v) is 7.87. The van der Waals surface area contributed by atoms with Gasteiger partial charge in [-0.15, -0.1) is 0 Å². The van der Waals surface area contributed by atoms with Crippen LogP contribution in [0.4, 0.5) is 11.4 Å². The van der Waals surface area contributed by atoms with E-state index < -0.39 is 20.6 Å². The molecule has 1 aromatic rings. The van der Waals surface area contributed by atoms with Crippen LogP contribution in [-0.2, 0) is 10.0 Å². The lowest BCUT2D eigenvalue weighted by atomic mass is 10.3. The van der Waals surface area contributed by atoms with Crippen molar-refractivity contribution in [3.8, 4) is 0 Å². The molecule has 8 nitrogen and oxygen atoms in total. The van der Waals surface area contributed by atoms with Gasteiger partial charge in [0.05, 0.1) is 4.92 Å². The van der Waals surface area contributed by atoms with E-state index in [1.165, 1.54) is 18.2 Å². The molecule has 0 aromatic heterocycles. The van der Waals surface area contributed by atoms with E-state index in [4.69, 9.17) is 0 Å². The lowest BCUT2D eigenvalue weighted by molar-refractivity contribution is -0.387. The van der Waals surface area contributed by atoms with Gasteiger partial charge in [0.25, 0.3) is 5.69 Å². The molecule has 0 aliphatic heterocycles. The first kappa shape index (κ1) is 17.3. The van der Waals surface area contributed by atoms with Crippen LogP contribution in [0.15, 0.2) is 23.1 Å². The Morgan fingerprint density at radius 3 is 2.52 bits per heavy atom. The Kier molecular flexibility index (Phi) is 6.06. The van der Waals surface area contributed by atoms with Gasteiger partial charge in [-0.05, 0) is 39.2 Å². The summed E-state index contributed by atoms with van der Waals surface area (Å²) in [6.45, 7) is 0.947. The highest BCUT2D eigenvalue weighted by atomic mass is 32.2. The number of anilines is 1. The van der Waals surface area contributed by atoms with E-state index in [0.717, 1.165) is 6.54 Å². The second-order valence-corrected chi connectivity index (χ2v) is 6.48. The molecule has 118 valence electrons. The van der Waals surface area contributed by atoms with E-state index in [0.29, 0.717) is 12.1 Å². The summed E-state index contributed by atoms with van der Waals surface area (Å²) in [5, 5.41) is 13.7. The highest BCUT2D eigenvalue weighted by molar-refractivity contribution is 7.89. The average Bonchev–Trinajstić information content (AvgIpc) is 2.42. The zero-order chi connectivity index (χ0) is 16.0. The molecule has 0 spiro atoms. The van der Waals surface area contributed by atoms with Crippen molar-refractivity contribution in [3.05, 3.63) is 28.3 Å². The van der Waals surface area contributed by atoms with E-state index >= 15 is 0 Å². The summed E-state index contributed by atoms with van der Waals surface area (Å²) in [6.07, 6.45) is 0.617. The van der Waals surface area contributed by atoms with Crippen LogP contribution in [0.2, 0.25) is 0 Å². The Morgan fingerprint density at radius 1 is 1.33 bits per heavy atom. The largest absolute Gasteiger partial charge is 0.388 e. The number of hydrogen-bond donors (Lipinski definition) is 2. The number of sulfonamides is 1. The number of nitrogens with one attached hydrogen (secondary N) is 2. The van der Waals surface area contributed by atoms with Crippen LogP contribution in [0, 0.1) is 10.1 Å². The second-order valence-electron chi connectivity index (χ2n) is 4.74. The molecule has 0 fully saturated rings. The van der Waals surface area contributed by atoms with Crippen molar-refractivity contribution < 1.29 is 13.3 Å². The van der Waals surface area contributed by atoms with Crippen LogP contribution in [0.3, 0.4) is 0 Å². The molecule has 2 N–H and O–H groups in total. The smallest absolute Gasteiger partial charge is 0.289 e. The van der Waals surface area contributed by atoms with Gasteiger partial charge in [-0.1, -0.05) is 0 Å². The zero-order valence-electron chi connectivity index (χ0n) is 12.3. The Balaban J connectivity index is 2.97. The van der Waals surface area contributed by atoms with E-state index in [9.17, 15) is 18.5 Å². The number of benzene rings is 1. The quantitative estimate of drug-likeness (QED) is 0.419. The van der Waals surface area contributed by atoms with Gasteiger partial charge in [-0.2, -0.15) is 0 Å². The van der Waals surface area contributed by atoms with Crippen LogP contribution in [0.25, 0.3) is 0 Å². The molecule has 0 aliphatic rings. The summed E-state index contributed by atoms with van der Waals surface area (Å²) in [5.74, 6) is 0. The number of rotatable bonds is 8. The van der Waals surface area contributed by atoms with Crippen LogP contribution in [-0.4, -0.2) is 52.5 Å². The van der Waals surface area contributed by atoms with Crippen molar-refractivity contribution in [2.45, 2.75) is 11.3 Å². The summed E-state index contributed by atoms with van der Waals surface area (Å²) in [4.78, 5) is 11.9. The maximum absolute atomic E-state index is 12.2. The Labute approximate surface area is 124 Å². The highest BCUT2D eigenvalue weighted by Gasteiger charge is 2.25. The van der Waals surface area contributed by atoms with Gasteiger partial charge >= 0.3 is 0 Å². The van der Waals surface area contributed by atoms with Crippen LogP contribution in [0.1, 0.15) is 6.42 Å². The van der Waals surface area contributed by atoms with Crippen molar-refractivity contribution >= 4 is 21.4 Å². The molecule has 0 saturated carbocycles. The Bertz CT molecular complexity index is 601. The SMILES string of the molecule is CNc1ccc([N+](=O)[O-])c(S(=O)(=O)NCCCN(C)C)c1. The number of nitro benzene ring substituents is 1. The molecular formula is C12H20N4O4S. The lowest BCUT2D eigenvalue weighted by Gasteiger charge is -2.11. The molecule has 0 aliphatic carbocycles. The summed E-state index contributed by atoms with van der Waals surface area (Å²) in [6, 6.07) is 3.90. The minimum absolute atomic E-state index is 0.224. The number of hydrogen-bond acceptors (Lipinski definition) is 6. The Hall–Kier alpha value is -1.71. The van der Waals surface area contributed by atoms with Gasteiger partial charge in [0.1, 0.15) is 0 Å². The van der Waals surface area contributed by atoms with Crippen LogP contribution >= 0.6 is 0 Å². The first-order valence-electron chi connectivity index (χ1n) is 6.38. The third-order valence-corrected chi connectivity index (χ3v) is 4.30. The lowest BCUT2D eigenvalue weighted by Crippen LogP contribution is -2.28. The molecule has 0 unspecified atom stereocenters. The predicted molar refractivity (Wildman–Crippen MR) is 81.0 cm³/mol. The van der Waals surface area contributed by atoms with Crippen LogP contribution in [0.5, 0.6) is 0 Å². The van der Waals surface area contributed by atoms with Crippen molar-refractivity contribution in [3.63, 3.8) is 0 Å². The Morgan fingerprint density at radius 2 is 2.00 bits per heavy atom. The van der Waals surface area contributed by atoms with E-state index in [1.54, 1.807) is 7.05 Å². The highest BCUT2D eigenvalue weighted by Crippen LogP contribution is 2.26. The van der Waals surface area contributed by atoms with Crippen molar-refractivity contribution in [2.75, 3.05) is 39.5 Å². The molecule has 9 heteroatoms. The molecule has 0 atom stereocenters. The third-order valence-electron chi connectivity index (χ3n) is 2.81. The summed E-state index contributed by atoms with van der Waals surface area (Å²) in [7, 11) is 1.47. The fraction of sp³-hybridized carbons (Fsp3) is 0.500. The van der Waals surface area contributed by atoms with E-state index in [-0.39, 0.29) is 11.4 Å². The molecule has 0 saturated heterocycles. The molecule has 0 radical (unpaired) electrons. The van der Waals surface area contributed by atoms with Gasteiger partial charge in [-0.25, -0.2) is 13.1 Å². The van der Waals surface area contributed by atoms with E-state index in [2.05, 4.69) is 10.0 Å². The van der Waals surface area contributed by atoms with Gasteiger partial charge < -0.3 is 10.2 Å². The maximum Gasteiger partial charge on any atom is 0.289 e. The average molecular weight is 316 g/mol. The number of nitrogens with zero attached hydrogens (tertiary/aromatic N) is 2. The summed E-state index contributed by atoms with van der Waals surface area (Å²) >= 11 is 0. The third kappa shape index (κ3) is 4.96. The number of nitro groups is 1. The van der Waals surface area contributed by atoms with Gasteiger partial charge in [-0.3, -0.25) is 10.1 Å². The fourth-order valence-corrected chi connectivity index (χ4v) is 2.98. The molecule has 0 amide bonds. The normalized spacial score (nSPS) is 11.6. The van der Waals surface area contributed by atoms with Crippen LogP contribution < -0.4 is 10.0 Å². The van der Waals surface area contributed by atoms with Crippen molar-refractivity contribution in [1.82, 2.24) is 9.62 Å². The zero-order valence-corrected chi connectivity index (χ0v) is 13.1. The van der Waals surface area contributed by atoms with Crippen molar-refractivity contribution in [1.29, 1.82) is 0 Å². The second kappa shape index (κ2) is 7.34. The first-order chi connectivity index (χ1) is 9.77. The van der Waals surface area contributed by atoms with Crippen molar-refractivity contribution in [2.24, 2.45) is 0 Å². The molecule has 0 bridgehead atoms. The molecule has 0 heterocycles. The molecule has 1 aromatic carbocycles. The fourth-order valence-electron chi connectivity index (χ4n) is 1.72. The summed E-state index contributed by atoms with van der Waals surface area (Å²) < 4.78 is 26.8. The predicted octanol–water partition coefficient (Wildman–Crippen LogP) is 0.866. The maximum atomic E-state index is 12.2.